The van der Waals surface area contributed by atoms with Crippen LogP contribution in [0.15, 0.2) is 0 Å². The van der Waals surface area contributed by atoms with E-state index in [0.29, 0.717) is 6.92 Å². The summed E-state index contributed by atoms with van der Waals surface area (Å²) in [5.41, 5.74) is -2.91. The lowest BCUT2D eigenvalue weighted by Gasteiger charge is -2.28. The fraction of sp³-hybridized carbons (Fsp3) is 0.667. The van der Waals surface area contributed by atoms with E-state index in [0.717, 1.165) is 0 Å². The van der Waals surface area contributed by atoms with E-state index >= 15 is 0 Å². The summed E-state index contributed by atoms with van der Waals surface area (Å²) >= 11 is 0. The zero-order chi connectivity index (χ0) is 12.1. The molecular weight excluding hydrogens is 211 g/mol. The topological polar surface area (TPSA) is 49.3 Å². The number of carboxylic acid groups (broad SMARTS) is 1. The fourth-order valence-corrected chi connectivity index (χ4v) is 0.797. The number of alkyl halides is 3. The van der Waals surface area contributed by atoms with Crippen molar-refractivity contribution in [2.75, 3.05) is 6.54 Å². The van der Waals surface area contributed by atoms with Crippen LogP contribution in [-0.2, 0) is 4.79 Å². The van der Waals surface area contributed by atoms with Crippen LogP contribution in [0.1, 0.15) is 20.3 Å². The number of carbonyl (C=O) groups is 1. The standard InChI is InChI=1S/C9H12F3NO2/c1-3-4-5-6-13-8(2,7(14)15)9(10,11)12/h13H,5-6H2,1-2H3,(H,14,15). The van der Waals surface area contributed by atoms with Gasteiger partial charge in [-0.3, -0.25) is 5.32 Å². The minimum atomic E-state index is -4.83. The van der Waals surface area contributed by atoms with Crippen molar-refractivity contribution >= 4 is 5.97 Å². The first-order valence-electron chi connectivity index (χ1n) is 4.20. The van der Waals surface area contributed by atoms with Gasteiger partial charge in [0, 0.05) is 13.0 Å². The Morgan fingerprint density at radius 2 is 2.00 bits per heavy atom. The number of hydrogen-bond acceptors (Lipinski definition) is 2. The maximum Gasteiger partial charge on any atom is 0.417 e. The summed E-state index contributed by atoms with van der Waals surface area (Å²) < 4.78 is 37.2. The second-order valence-electron chi connectivity index (χ2n) is 3.03. The third-order valence-electron chi connectivity index (χ3n) is 1.90. The third-order valence-corrected chi connectivity index (χ3v) is 1.90. The fourth-order valence-electron chi connectivity index (χ4n) is 0.797. The average Bonchev–Trinajstić information content (AvgIpc) is 2.09. The highest BCUT2D eigenvalue weighted by molar-refractivity contribution is 5.79. The van der Waals surface area contributed by atoms with Crippen LogP contribution in [0.25, 0.3) is 0 Å². The SMILES string of the molecule is CC#CCCNC(C)(C(=O)O)C(F)(F)F. The Morgan fingerprint density at radius 3 is 2.33 bits per heavy atom. The monoisotopic (exact) mass is 223 g/mol. The van der Waals surface area contributed by atoms with Gasteiger partial charge in [-0.25, -0.2) is 4.79 Å². The van der Waals surface area contributed by atoms with Crippen LogP contribution in [0.3, 0.4) is 0 Å². The number of carboxylic acids is 1. The molecule has 0 saturated heterocycles. The normalized spacial score (nSPS) is 15.0. The zero-order valence-corrected chi connectivity index (χ0v) is 8.40. The zero-order valence-electron chi connectivity index (χ0n) is 8.40. The van der Waals surface area contributed by atoms with Crippen molar-refractivity contribution in [2.24, 2.45) is 0 Å². The first kappa shape index (κ1) is 13.8. The van der Waals surface area contributed by atoms with Crippen LogP contribution < -0.4 is 5.32 Å². The summed E-state index contributed by atoms with van der Waals surface area (Å²) in [7, 11) is 0. The lowest BCUT2D eigenvalue weighted by molar-refractivity contribution is -0.205. The van der Waals surface area contributed by atoms with E-state index in [1.54, 1.807) is 6.92 Å². The highest BCUT2D eigenvalue weighted by atomic mass is 19.4. The van der Waals surface area contributed by atoms with Crippen molar-refractivity contribution in [1.82, 2.24) is 5.32 Å². The van der Waals surface area contributed by atoms with Gasteiger partial charge in [-0.2, -0.15) is 13.2 Å². The first-order valence-corrected chi connectivity index (χ1v) is 4.20. The second-order valence-corrected chi connectivity index (χ2v) is 3.03. The van der Waals surface area contributed by atoms with Crippen LogP contribution >= 0.6 is 0 Å². The minimum Gasteiger partial charge on any atom is -0.480 e. The van der Waals surface area contributed by atoms with Gasteiger partial charge in [0.2, 0.25) is 5.54 Å². The molecule has 0 aliphatic heterocycles. The van der Waals surface area contributed by atoms with Gasteiger partial charge in [-0.1, -0.05) is 0 Å². The molecule has 0 rings (SSSR count). The van der Waals surface area contributed by atoms with Crippen molar-refractivity contribution in [1.29, 1.82) is 0 Å². The van der Waals surface area contributed by atoms with Crippen molar-refractivity contribution in [2.45, 2.75) is 32.0 Å². The van der Waals surface area contributed by atoms with E-state index in [-0.39, 0.29) is 13.0 Å². The number of aliphatic carboxylic acids is 1. The van der Waals surface area contributed by atoms with Crippen LogP contribution in [0.4, 0.5) is 13.2 Å². The van der Waals surface area contributed by atoms with Gasteiger partial charge in [-0.05, 0) is 13.8 Å². The predicted octanol–water partition coefficient (Wildman–Crippen LogP) is 1.40. The van der Waals surface area contributed by atoms with Crippen molar-refractivity contribution in [3.05, 3.63) is 0 Å². The predicted molar refractivity (Wildman–Crippen MR) is 48.2 cm³/mol. The van der Waals surface area contributed by atoms with E-state index in [1.807, 2.05) is 5.32 Å². The average molecular weight is 223 g/mol. The number of halogens is 3. The van der Waals surface area contributed by atoms with Crippen LogP contribution in [-0.4, -0.2) is 29.3 Å². The largest absolute Gasteiger partial charge is 0.480 e. The molecule has 0 heterocycles. The molecule has 0 aromatic rings. The molecular formula is C9H12F3NO2. The summed E-state index contributed by atoms with van der Waals surface area (Å²) in [6.45, 7) is 2.03. The summed E-state index contributed by atoms with van der Waals surface area (Å²) in [4.78, 5) is 10.5. The molecule has 0 aliphatic rings. The smallest absolute Gasteiger partial charge is 0.417 e. The molecule has 6 heteroatoms. The molecule has 1 unspecified atom stereocenters. The highest BCUT2D eigenvalue weighted by Crippen LogP contribution is 2.30. The summed E-state index contributed by atoms with van der Waals surface area (Å²) in [5, 5.41) is 10.4. The molecule has 0 fully saturated rings. The number of hydrogen-bond donors (Lipinski definition) is 2. The number of rotatable bonds is 4. The van der Waals surface area contributed by atoms with E-state index in [2.05, 4.69) is 11.8 Å². The van der Waals surface area contributed by atoms with Crippen molar-refractivity contribution < 1.29 is 23.1 Å². The van der Waals surface area contributed by atoms with Gasteiger partial charge in [0.1, 0.15) is 0 Å². The van der Waals surface area contributed by atoms with Crippen molar-refractivity contribution in [3.8, 4) is 11.8 Å². The molecule has 0 radical (unpaired) electrons. The molecule has 2 N–H and O–H groups in total. The first-order chi connectivity index (χ1) is 6.75. The van der Waals surface area contributed by atoms with E-state index in [4.69, 9.17) is 5.11 Å². The molecule has 0 saturated carbocycles. The second kappa shape index (κ2) is 5.03. The molecule has 0 spiro atoms. The molecule has 15 heavy (non-hydrogen) atoms. The van der Waals surface area contributed by atoms with E-state index < -0.39 is 17.7 Å². The van der Waals surface area contributed by atoms with Crippen LogP contribution in [0.5, 0.6) is 0 Å². The molecule has 0 bridgehead atoms. The lowest BCUT2D eigenvalue weighted by atomic mass is 10.0. The number of nitrogens with one attached hydrogen (secondary N) is 1. The molecule has 1 atom stereocenters. The Labute approximate surface area is 85.7 Å². The van der Waals surface area contributed by atoms with Gasteiger partial charge in [0.15, 0.2) is 0 Å². The summed E-state index contributed by atoms with van der Waals surface area (Å²) in [6, 6.07) is 0. The van der Waals surface area contributed by atoms with Gasteiger partial charge >= 0.3 is 12.1 Å². The van der Waals surface area contributed by atoms with Gasteiger partial charge in [0.05, 0.1) is 0 Å². The molecule has 0 aromatic carbocycles. The Balaban J connectivity index is 4.52. The van der Waals surface area contributed by atoms with Gasteiger partial charge in [0.25, 0.3) is 0 Å². The quantitative estimate of drug-likeness (QED) is 0.559. The van der Waals surface area contributed by atoms with E-state index in [9.17, 15) is 18.0 Å². The van der Waals surface area contributed by atoms with Gasteiger partial charge < -0.3 is 5.11 Å². The molecule has 3 nitrogen and oxygen atoms in total. The van der Waals surface area contributed by atoms with E-state index in [1.165, 1.54) is 0 Å². The minimum absolute atomic E-state index is 0.122. The summed E-state index contributed by atoms with van der Waals surface area (Å²) in [5.74, 6) is 3.10. The lowest BCUT2D eigenvalue weighted by Crippen LogP contribution is -2.60. The van der Waals surface area contributed by atoms with Crippen molar-refractivity contribution in [3.63, 3.8) is 0 Å². The highest BCUT2D eigenvalue weighted by Gasteiger charge is 2.56. The van der Waals surface area contributed by atoms with Gasteiger partial charge in [-0.15, -0.1) is 11.8 Å². The molecule has 0 amide bonds. The molecule has 0 aliphatic carbocycles. The Morgan fingerprint density at radius 1 is 1.47 bits per heavy atom. The maximum atomic E-state index is 12.4. The Kier molecular flexibility index (Phi) is 4.62. The third kappa shape index (κ3) is 3.44. The van der Waals surface area contributed by atoms with Crippen LogP contribution in [0, 0.1) is 11.8 Å². The molecule has 0 aromatic heterocycles. The Bertz CT molecular complexity index is 290. The maximum absolute atomic E-state index is 12.4. The van der Waals surface area contributed by atoms with Crippen LogP contribution in [0.2, 0.25) is 0 Å². The summed E-state index contributed by atoms with van der Waals surface area (Å²) in [6.07, 6.45) is -4.66. The molecule has 86 valence electrons. The Hall–Kier alpha value is -1.22.